The lowest BCUT2D eigenvalue weighted by Crippen LogP contribution is -2.39. The van der Waals surface area contributed by atoms with Crippen molar-refractivity contribution in [3.05, 3.63) is 79.0 Å². The highest BCUT2D eigenvalue weighted by Crippen LogP contribution is 2.36. The molecule has 4 aromatic rings. The van der Waals surface area contributed by atoms with Crippen LogP contribution in [0.1, 0.15) is 26.2 Å². The molecule has 1 saturated heterocycles. The number of aromatic nitrogens is 3. The molecule has 0 bridgehead atoms. The summed E-state index contributed by atoms with van der Waals surface area (Å²) in [6.07, 6.45) is 7.28. The predicted molar refractivity (Wildman–Crippen MR) is 163 cm³/mol. The molecule has 0 aliphatic carbocycles. The van der Waals surface area contributed by atoms with E-state index in [1.807, 2.05) is 24.3 Å². The van der Waals surface area contributed by atoms with Gasteiger partial charge >= 0.3 is 0 Å². The Morgan fingerprint density at radius 3 is 2.29 bits per heavy atom. The first-order chi connectivity index (χ1) is 20.3. The molecule has 0 atom stereocenters. The Morgan fingerprint density at radius 1 is 0.976 bits per heavy atom. The van der Waals surface area contributed by atoms with Gasteiger partial charge in [-0.2, -0.15) is 5.10 Å². The number of halogens is 1. The number of hydrogen-bond donors (Lipinski definition) is 1. The van der Waals surface area contributed by atoms with E-state index >= 15 is 4.39 Å². The van der Waals surface area contributed by atoms with Crippen LogP contribution in [0.5, 0.6) is 0 Å². The second-order valence-electron chi connectivity index (χ2n) is 10.3. The lowest BCUT2D eigenvalue weighted by atomic mass is 9.95. The van der Waals surface area contributed by atoms with Gasteiger partial charge in [0.25, 0.3) is 0 Å². The van der Waals surface area contributed by atoms with Crippen LogP contribution in [0.2, 0.25) is 0 Å². The minimum absolute atomic E-state index is 0.0916. The van der Waals surface area contributed by atoms with Crippen LogP contribution in [0.3, 0.4) is 0 Å². The zero-order valence-corrected chi connectivity index (χ0v) is 24.9. The van der Waals surface area contributed by atoms with Crippen LogP contribution in [0.25, 0.3) is 28.1 Å². The van der Waals surface area contributed by atoms with Crippen LogP contribution in [-0.4, -0.2) is 62.5 Å². The van der Waals surface area contributed by atoms with Crippen LogP contribution < -0.4 is 9.62 Å². The molecule has 0 radical (unpaired) electrons. The molecule has 0 spiro atoms. The number of benzene rings is 2. The monoisotopic (exact) mass is 593 g/mol. The summed E-state index contributed by atoms with van der Waals surface area (Å²) in [5.41, 5.74) is 3.94. The summed E-state index contributed by atoms with van der Waals surface area (Å²) >= 11 is 0. The van der Waals surface area contributed by atoms with Crippen molar-refractivity contribution in [3.8, 4) is 28.1 Å². The lowest BCUT2D eigenvalue weighted by molar-refractivity contribution is -0.141. The number of rotatable bonds is 11. The van der Waals surface area contributed by atoms with Gasteiger partial charge in [0.05, 0.1) is 17.1 Å². The van der Waals surface area contributed by atoms with Crippen molar-refractivity contribution >= 4 is 21.4 Å². The molecule has 222 valence electrons. The first kappa shape index (κ1) is 29.7. The average Bonchev–Trinajstić information content (AvgIpc) is 3.45. The minimum atomic E-state index is -3.67. The van der Waals surface area contributed by atoms with E-state index in [1.54, 1.807) is 56.5 Å². The van der Waals surface area contributed by atoms with Gasteiger partial charge in [-0.25, -0.2) is 17.5 Å². The van der Waals surface area contributed by atoms with Crippen molar-refractivity contribution in [2.24, 2.45) is 5.92 Å². The number of ether oxygens (including phenoxy) is 2. The van der Waals surface area contributed by atoms with Gasteiger partial charge in [-0.15, -0.1) is 0 Å². The van der Waals surface area contributed by atoms with Crippen molar-refractivity contribution in [1.29, 1.82) is 0 Å². The highest BCUT2D eigenvalue weighted by atomic mass is 32.2. The van der Waals surface area contributed by atoms with E-state index in [0.29, 0.717) is 23.6 Å². The van der Waals surface area contributed by atoms with Gasteiger partial charge in [0, 0.05) is 74.2 Å². The highest BCUT2D eigenvalue weighted by molar-refractivity contribution is 7.92. The second kappa shape index (κ2) is 13.0. The molecule has 3 heterocycles. The minimum Gasteiger partial charge on any atom is -0.372 e. The Morgan fingerprint density at radius 2 is 1.64 bits per heavy atom. The van der Waals surface area contributed by atoms with Gasteiger partial charge in [-0.05, 0) is 61.7 Å². The molecule has 5 rings (SSSR count). The van der Waals surface area contributed by atoms with Crippen molar-refractivity contribution < 1.29 is 22.3 Å². The fraction of sp³-hybridized carbons (Fsp3) is 0.355. The summed E-state index contributed by atoms with van der Waals surface area (Å²) in [5.74, 6) is -0.383. The molecule has 2 aromatic heterocycles. The van der Waals surface area contributed by atoms with Crippen LogP contribution in [0, 0.1) is 11.7 Å². The summed E-state index contributed by atoms with van der Waals surface area (Å²) in [7, 11) is -0.304. The number of hydrogen-bond acceptors (Lipinski definition) is 7. The molecular weight excluding hydrogens is 557 g/mol. The SMILES string of the molecule is CCCS(=O)(=O)Nc1cccc(-c2cn(-c3ccc(N4CCC(C(OC)OC)CC4)cc3)nc2-c2ccncc2)c1F. The smallest absolute Gasteiger partial charge is 0.232 e. The highest BCUT2D eigenvalue weighted by Gasteiger charge is 2.27. The summed E-state index contributed by atoms with van der Waals surface area (Å²) < 4.78 is 55.6. The van der Waals surface area contributed by atoms with Crippen molar-refractivity contribution in [3.63, 3.8) is 0 Å². The molecule has 1 fully saturated rings. The third-order valence-electron chi connectivity index (χ3n) is 7.56. The third-order valence-corrected chi connectivity index (χ3v) is 9.04. The molecule has 9 nitrogen and oxygen atoms in total. The Bertz CT molecular complexity index is 1580. The zero-order chi connectivity index (χ0) is 29.7. The van der Waals surface area contributed by atoms with E-state index in [2.05, 4.69) is 26.7 Å². The second-order valence-corrected chi connectivity index (χ2v) is 12.2. The molecule has 2 aromatic carbocycles. The molecule has 1 N–H and O–H groups in total. The van der Waals surface area contributed by atoms with E-state index in [4.69, 9.17) is 14.6 Å². The first-order valence-electron chi connectivity index (χ1n) is 14.0. The van der Waals surface area contributed by atoms with Gasteiger partial charge in [-0.1, -0.05) is 19.1 Å². The van der Waals surface area contributed by atoms with Crippen molar-refractivity contribution in [2.45, 2.75) is 32.5 Å². The summed E-state index contributed by atoms with van der Waals surface area (Å²) in [6.45, 7) is 3.57. The Hall–Kier alpha value is -3.80. The van der Waals surface area contributed by atoms with E-state index < -0.39 is 15.8 Å². The normalized spacial score (nSPS) is 14.5. The molecule has 42 heavy (non-hydrogen) atoms. The molecular formula is C31H36FN5O4S. The van der Waals surface area contributed by atoms with Gasteiger partial charge < -0.3 is 14.4 Å². The number of pyridine rings is 1. The van der Waals surface area contributed by atoms with Crippen LogP contribution in [0.4, 0.5) is 15.8 Å². The zero-order valence-electron chi connectivity index (χ0n) is 24.0. The maximum absolute atomic E-state index is 15.8. The molecule has 11 heteroatoms. The molecule has 0 amide bonds. The molecule has 1 aliphatic rings. The Balaban J connectivity index is 1.45. The number of piperidine rings is 1. The van der Waals surface area contributed by atoms with Crippen molar-refractivity contribution in [2.75, 3.05) is 42.7 Å². The van der Waals surface area contributed by atoms with Crippen LogP contribution in [-0.2, 0) is 19.5 Å². The summed E-state index contributed by atoms with van der Waals surface area (Å²) in [4.78, 5) is 6.45. The summed E-state index contributed by atoms with van der Waals surface area (Å²) in [6, 6.07) is 16.4. The number of methoxy groups -OCH3 is 2. The fourth-order valence-corrected chi connectivity index (χ4v) is 6.59. The van der Waals surface area contributed by atoms with Gasteiger partial charge in [0.2, 0.25) is 10.0 Å². The number of sulfonamides is 1. The first-order valence-corrected chi connectivity index (χ1v) is 15.7. The predicted octanol–water partition coefficient (Wildman–Crippen LogP) is 5.73. The largest absolute Gasteiger partial charge is 0.372 e. The molecule has 1 aliphatic heterocycles. The third kappa shape index (κ3) is 6.48. The number of anilines is 2. The standard InChI is InChI=1S/C31H36FN5O4S/c1-4-20-42(38,39)35-28-7-5-6-26(29(28)32)27-21-37(34-30(27)22-12-16-33-17-13-22)25-10-8-24(9-11-25)36-18-14-23(15-19-36)31(40-2)41-3/h5-13,16-17,21,23,31,35H,4,14-15,18-20H2,1-3H3. The van der Waals surface area contributed by atoms with Gasteiger partial charge in [0.15, 0.2) is 12.1 Å². The van der Waals surface area contributed by atoms with Gasteiger partial charge in [0.1, 0.15) is 5.69 Å². The van der Waals surface area contributed by atoms with Gasteiger partial charge in [-0.3, -0.25) is 9.71 Å². The topological polar surface area (TPSA) is 98.6 Å². The average molecular weight is 594 g/mol. The maximum Gasteiger partial charge on any atom is 0.232 e. The van der Waals surface area contributed by atoms with Crippen LogP contribution in [0.15, 0.2) is 73.2 Å². The maximum atomic E-state index is 15.8. The fourth-order valence-electron chi connectivity index (χ4n) is 5.46. The summed E-state index contributed by atoms with van der Waals surface area (Å²) in [5, 5.41) is 4.83. The Labute approximate surface area is 246 Å². The quantitative estimate of drug-likeness (QED) is 0.222. The van der Waals surface area contributed by atoms with E-state index in [1.165, 1.54) is 6.07 Å². The number of nitrogens with one attached hydrogen (secondary N) is 1. The Kier molecular flexibility index (Phi) is 9.20. The van der Waals surface area contributed by atoms with E-state index in [9.17, 15) is 8.42 Å². The lowest BCUT2D eigenvalue weighted by Gasteiger charge is -2.36. The molecule has 0 unspecified atom stereocenters. The van der Waals surface area contributed by atoms with E-state index in [-0.39, 0.29) is 23.3 Å². The van der Waals surface area contributed by atoms with Crippen LogP contribution >= 0.6 is 0 Å². The molecule has 0 saturated carbocycles. The van der Waals surface area contributed by atoms with Crippen molar-refractivity contribution in [1.82, 2.24) is 14.8 Å². The van der Waals surface area contributed by atoms with E-state index in [0.717, 1.165) is 42.9 Å². The number of nitrogens with zero attached hydrogens (tertiary/aromatic N) is 4.